The first kappa shape index (κ1) is 47.9. The Hall–Kier alpha value is -5.54. The van der Waals surface area contributed by atoms with Crippen LogP contribution in [0.3, 0.4) is 0 Å². The van der Waals surface area contributed by atoms with E-state index >= 15 is 4.39 Å². The van der Waals surface area contributed by atoms with Gasteiger partial charge in [-0.15, -0.1) is 4.68 Å². The first-order valence-electron chi connectivity index (χ1n) is 20.8. The fourth-order valence-corrected chi connectivity index (χ4v) is 8.66. The Morgan fingerprint density at radius 2 is 1.64 bits per heavy atom. The number of carbonyl (C=O) groups is 2. The molecule has 0 spiro atoms. The third-order valence-electron chi connectivity index (χ3n) is 11.5. The quantitative estimate of drug-likeness (QED) is 0.0891. The molecule has 17 nitrogen and oxygen atoms in total. The molecule has 2 fully saturated rings. The van der Waals surface area contributed by atoms with Crippen molar-refractivity contribution in [2.24, 2.45) is 11.7 Å². The maximum Gasteiger partial charge on any atom is 0.370 e. The van der Waals surface area contributed by atoms with Crippen LogP contribution >= 0.6 is 11.8 Å². The number of aromatic nitrogens is 6. The smallest absolute Gasteiger partial charge is 0.370 e. The number of carboxylic acids is 1. The van der Waals surface area contributed by atoms with Crippen LogP contribution in [-0.2, 0) is 26.4 Å². The Labute approximate surface area is 378 Å². The second-order valence-corrected chi connectivity index (χ2v) is 16.8. The number of aliphatic carboxylic acids is 1. The molecule has 4 N–H and O–H groups in total. The highest BCUT2D eigenvalue weighted by atomic mass is 35.5. The van der Waals surface area contributed by atoms with Gasteiger partial charge in [-0.05, 0) is 86.1 Å². The van der Waals surface area contributed by atoms with Gasteiger partial charge >= 0.3 is 17.0 Å². The topological polar surface area (TPSA) is 196 Å². The predicted molar refractivity (Wildman–Crippen MR) is 229 cm³/mol. The number of halogens is 3. The Morgan fingerprint density at radius 3 is 2.25 bits per heavy atom. The molecule has 0 aliphatic carbocycles. The molecule has 0 saturated carbocycles. The number of hydrogen-bond donors (Lipinski definition) is 3. The SMILES string of the molecule is CC[C@@H]([C@H](C)O)n1ncn(-c2ccc(N3CCN(c4ccc(OC[C@@H]5CO[C@@](Cn6c[n+](C(C)OC(=O)SC[C@H](N)C(=O)O)cn6)(c6ccc(F)cc6F)C5)cc4)CC3)cc2)c1=O.[Cl-]. The van der Waals surface area contributed by atoms with E-state index in [9.17, 15) is 23.9 Å². The first-order valence-corrected chi connectivity index (χ1v) is 21.7. The number of rotatable bonds is 17. The van der Waals surface area contributed by atoms with Gasteiger partial charge in [0.1, 0.15) is 41.9 Å². The third kappa shape index (κ3) is 11.0. The van der Waals surface area contributed by atoms with Crippen LogP contribution < -0.4 is 42.9 Å². The molecule has 7 rings (SSSR count). The summed E-state index contributed by atoms with van der Waals surface area (Å²) >= 11 is 0.651. The highest BCUT2D eigenvalue weighted by Gasteiger charge is 2.46. The molecule has 64 heavy (non-hydrogen) atoms. The van der Waals surface area contributed by atoms with Crippen molar-refractivity contribution in [1.29, 1.82) is 0 Å². The standard InChI is InChI=1S/C43H51F2N9O8S.ClH/c1-4-39(28(2)55)54-41(58)53(26-48-54)34-8-6-32(7-9-34)49-15-17-50(18-16-49)33-10-12-35(13-11-33)60-21-30-20-43(61-22-30,36-14-5-31(44)19-37(36)45)24-52-27-51(25-47-52)29(3)62-42(59)63-23-38(46)40(56)57;/h5-14,19,25-30,38-39,55H,4,15-18,20-24,46H2,1-3H3;1H/t28-,29?,30+,38-,39-,43-;/m0./s1. The van der Waals surface area contributed by atoms with E-state index in [1.165, 1.54) is 43.3 Å². The van der Waals surface area contributed by atoms with Crippen LogP contribution in [-0.4, -0.2) is 103 Å². The first-order chi connectivity index (χ1) is 30.2. The van der Waals surface area contributed by atoms with E-state index in [2.05, 4.69) is 20.0 Å². The van der Waals surface area contributed by atoms with E-state index in [1.54, 1.807) is 20.2 Å². The minimum atomic E-state index is -1.23. The Kier molecular flexibility index (Phi) is 15.7. The predicted octanol–water partition coefficient (Wildman–Crippen LogP) is 1.27. The fourth-order valence-electron chi connectivity index (χ4n) is 8.00. The lowest BCUT2D eigenvalue weighted by Gasteiger charge is -2.37. The average molecular weight is 928 g/mol. The van der Waals surface area contributed by atoms with E-state index in [-0.39, 0.29) is 55.1 Å². The second kappa shape index (κ2) is 21.0. The molecule has 0 bridgehead atoms. The normalized spacial score (nSPS) is 19.4. The molecule has 5 aromatic rings. The molecule has 1 unspecified atom stereocenters. The minimum absolute atomic E-state index is 0. The van der Waals surface area contributed by atoms with Crippen LogP contribution in [0, 0.1) is 17.6 Å². The molecule has 344 valence electrons. The van der Waals surface area contributed by atoms with Crippen molar-refractivity contribution in [2.75, 3.05) is 54.9 Å². The number of nitrogens with zero attached hydrogens (tertiary/aromatic N) is 8. The van der Waals surface area contributed by atoms with Crippen LogP contribution in [0.15, 0.2) is 90.5 Å². The van der Waals surface area contributed by atoms with Crippen LogP contribution in [0.4, 0.5) is 25.0 Å². The van der Waals surface area contributed by atoms with Gasteiger partial charge in [0.2, 0.25) is 12.6 Å². The van der Waals surface area contributed by atoms with E-state index < -0.39 is 52.9 Å². The van der Waals surface area contributed by atoms with Gasteiger partial charge in [0.25, 0.3) is 6.33 Å². The summed E-state index contributed by atoms with van der Waals surface area (Å²) in [5, 5.41) is 27.0. The fraction of sp³-hybridized carbons (Fsp3) is 0.442. The Morgan fingerprint density at radius 1 is 1.00 bits per heavy atom. The summed E-state index contributed by atoms with van der Waals surface area (Å²) < 4.78 is 53.3. The summed E-state index contributed by atoms with van der Waals surface area (Å²) in [6, 6.07) is 17.5. The molecule has 3 aromatic carbocycles. The van der Waals surface area contributed by atoms with E-state index in [0.29, 0.717) is 36.0 Å². The van der Waals surface area contributed by atoms with Gasteiger partial charge in [-0.1, -0.05) is 13.0 Å². The van der Waals surface area contributed by atoms with Crippen molar-refractivity contribution in [2.45, 2.75) is 70.2 Å². The lowest BCUT2D eigenvalue weighted by Crippen LogP contribution is -3.00. The number of carboxylic acid groups (broad SMARTS) is 1. The molecule has 2 aromatic heterocycles. The molecule has 2 aliphatic rings. The summed E-state index contributed by atoms with van der Waals surface area (Å²) in [4.78, 5) is 40.9. The monoisotopic (exact) mass is 927 g/mol. The molecule has 0 radical (unpaired) electrons. The van der Waals surface area contributed by atoms with Crippen LogP contribution in [0.1, 0.15) is 51.4 Å². The van der Waals surface area contributed by atoms with Gasteiger partial charge in [0.05, 0.1) is 31.0 Å². The van der Waals surface area contributed by atoms with Gasteiger partial charge in [-0.2, -0.15) is 9.67 Å². The van der Waals surface area contributed by atoms with E-state index in [0.717, 1.165) is 43.6 Å². The largest absolute Gasteiger partial charge is 1.00 e. The van der Waals surface area contributed by atoms with Crippen molar-refractivity contribution < 1.29 is 59.8 Å². The molecule has 2 saturated heterocycles. The number of nitrogens with two attached hydrogens (primary N) is 1. The Balaban J connectivity index is 0.00000680. The van der Waals surface area contributed by atoms with Gasteiger partial charge in [-0.25, -0.2) is 27.6 Å². The Bertz CT molecular complexity index is 2410. The zero-order valence-corrected chi connectivity index (χ0v) is 37.2. The number of carbonyl (C=O) groups excluding carboxylic acids is 1. The molecule has 2 aliphatic heterocycles. The van der Waals surface area contributed by atoms with Gasteiger partial charge in [0.15, 0.2) is 0 Å². The third-order valence-corrected chi connectivity index (χ3v) is 12.3. The molecule has 4 heterocycles. The molecular formula is C43H52ClF2N9O8S. The lowest BCUT2D eigenvalue weighted by atomic mass is 9.87. The van der Waals surface area contributed by atoms with Crippen molar-refractivity contribution in [1.82, 2.24) is 24.1 Å². The summed E-state index contributed by atoms with van der Waals surface area (Å²) in [7, 11) is 0. The summed E-state index contributed by atoms with van der Waals surface area (Å²) in [6.45, 7) is 8.99. The van der Waals surface area contributed by atoms with Crippen LogP contribution in [0.5, 0.6) is 5.75 Å². The highest BCUT2D eigenvalue weighted by Crippen LogP contribution is 2.42. The van der Waals surface area contributed by atoms with Crippen molar-refractivity contribution in [3.8, 4) is 11.4 Å². The number of ether oxygens (including phenoxy) is 3. The zero-order valence-electron chi connectivity index (χ0n) is 35.6. The number of piperazine rings is 1. The van der Waals surface area contributed by atoms with Crippen molar-refractivity contribution in [3.05, 3.63) is 113 Å². The summed E-state index contributed by atoms with van der Waals surface area (Å²) in [5.41, 5.74) is 6.97. The lowest BCUT2D eigenvalue weighted by molar-refractivity contribution is -0.753. The average Bonchev–Trinajstić information content (AvgIpc) is 4.02. The molecule has 21 heteroatoms. The van der Waals surface area contributed by atoms with Crippen LogP contribution in [0.2, 0.25) is 0 Å². The zero-order chi connectivity index (χ0) is 44.8. The van der Waals surface area contributed by atoms with Crippen molar-refractivity contribution >= 4 is 34.4 Å². The molecular weight excluding hydrogens is 876 g/mol. The second-order valence-electron chi connectivity index (χ2n) is 15.9. The van der Waals surface area contributed by atoms with Gasteiger partial charge in [-0.3, -0.25) is 4.79 Å². The minimum Gasteiger partial charge on any atom is -1.00 e. The highest BCUT2D eigenvalue weighted by molar-refractivity contribution is 8.13. The number of aliphatic hydroxyl groups is 1. The number of benzene rings is 3. The van der Waals surface area contributed by atoms with Gasteiger partial charge < -0.3 is 52.4 Å². The number of anilines is 2. The maximum absolute atomic E-state index is 15.4. The van der Waals surface area contributed by atoms with E-state index in [1.807, 2.05) is 55.5 Å². The molecule has 0 amide bonds. The number of thioether (sulfide) groups is 1. The number of aliphatic hydroxyl groups excluding tert-OH is 1. The summed E-state index contributed by atoms with van der Waals surface area (Å²) in [6.07, 6.45) is 3.93. The summed E-state index contributed by atoms with van der Waals surface area (Å²) in [5.74, 6) is -2.32. The maximum atomic E-state index is 15.4. The van der Waals surface area contributed by atoms with Crippen molar-refractivity contribution in [3.63, 3.8) is 0 Å². The van der Waals surface area contributed by atoms with Gasteiger partial charge in [0, 0.05) is 72.9 Å². The van der Waals surface area contributed by atoms with Crippen LogP contribution in [0.25, 0.3) is 5.69 Å². The number of hydrogen-bond acceptors (Lipinski definition) is 13. The van der Waals surface area contributed by atoms with E-state index in [4.69, 9.17) is 25.1 Å². The molecule has 6 atom stereocenters.